The van der Waals surface area contributed by atoms with Crippen molar-refractivity contribution in [2.24, 2.45) is 0 Å². The van der Waals surface area contributed by atoms with Crippen LogP contribution in [0.15, 0.2) is 42.5 Å². The number of ether oxygens (including phenoxy) is 1. The second-order valence-corrected chi connectivity index (χ2v) is 6.36. The molecular formula is C20H24N2O2S. The minimum atomic E-state index is -0.247. The molecule has 0 heterocycles. The van der Waals surface area contributed by atoms with Gasteiger partial charge in [-0.05, 0) is 73.9 Å². The van der Waals surface area contributed by atoms with E-state index in [9.17, 15) is 4.79 Å². The highest BCUT2D eigenvalue weighted by molar-refractivity contribution is 7.80. The Labute approximate surface area is 154 Å². The van der Waals surface area contributed by atoms with E-state index in [0.29, 0.717) is 12.2 Å². The Morgan fingerprint density at radius 1 is 1.12 bits per heavy atom. The number of hydrogen-bond donors (Lipinski definition) is 2. The summed E-state index contributed by atoms with van der Waals surface area (Å²) in [6.45, 7) is 6.80. The van der Waals surface area contributed by atoms with Crippen molar-refractivity contribution < 1.29 is 9.53 Å². The van der Waals surface area contributed by atoms with Gasteiger partial charge in [0.05, 0.1) is 6.61 Å². The molecule has 5 heteroatoms. The van der Waals surface area contributed by atoms with E-state index in [-0.39, 0.29) is 11.0 Å². The second kappa shape index (κ2) is 9.18. The molecule has 1 amide bonds. The Balaban J connectivity index is 1.92. The van der Waals surface area contributed by atoms with Gasteiger partial charge in [-0.1, -0.05) is 25.5 Å². The van der Waals surface area contributed by atoms with Gasteiger partial charge in [-0.15, -0.1) is 0 Å². The molecule has 0 fully saturated rings. The standard InChI is InChI=1S/C20H24N2O2S/c1-4-5-12-24-17-10-8-16(9-11-17)19(23)22-20(25)21-18-13-14(2)6-7-15(18)3/h6-11,13H,4-5,12H2,1-3H3,(H2,21,22,23,25). The van der Waals surface area contributed by atoms with Gasteiger partial charge in [0, 0.05) is 11.3 Å². The number of anilines is 1. The smallest absolute Gasteiger partial charge is 0.257 e. The van der Waals surface area contributed by atoms with Crippen molar-refractivity contribution in [2.45, 2.75) is 33.6 Å². The lowest BCUT2D eigenvalue weighted by molar-refractivity contribution is 0.0977. The van der Waals surface area contributed by atoms with Crippen LogP contribution in [0.4, 0.5) is 5.69 Å². The number of unbranched alkanes of at least 4 members (excludes halogenated alkanes) is 1. The predicted molar refractivity (Wildman–Crippen MR) is 106 cm³/mol. The number of rotatable bonds is 6. The van der Waals surface area contributed by atoms with Gasteiger partial charge in [-0.3, -0.25) is 10.1 Å². The van der Waals surface area contributed by atoms with Gasteiger partial charge < -0.3 is 10.1 Å². The first kappa shape index (κ1) is 18.9. The first-order chi connectivity index (χ1) is 12.0. The molecule has 25 heavy (non-hydrogen) atoms. The summed E-state index contributed by atoms with van der Waals surface area (Å²) in [4.78, 5) is 12.3. The van der Waals surface area contributed by atoms with Gasteiger partial charge in [0.1, 0.15) is 5.75 Å². The number of aryl methyl sites for hydroxylation is 2. The van der Waals surface area contributed by atoms with Gasteiger partial charge in [-0.25, -0.2) is 0 Å². The van der Waals surface area contributed by atoms with Gasteiger partial charge in [-0.2, -0.15) is 0 Å². The van der Waals surface area contributed by atoms with Crippen LogP contribution < -0.4 is 15.4 Å². The molecule has 132 valence electrons. The van der Waals surface area contributed by atoms with Gasteiger partial charge >= 0.3 is 0 Å². The number of thiocarbonyl (C=S) groups is 1. The van der Waals surface area contributed by atoms with Gasteiger partial charge in [0.15, 0.2) is 5.11 Å². The number of hydrogen-bond acceptors (Lipinski definition) is 3. The molecule has 0 saturated heterocycles. The fourth-order valence-electron chi connectivity index (χ4n) is 2.24. The Morgan fingerprint density at radius 2 is 1.84 bits per heavy atom. The maximum atomic E-state index is 12.3. The zero-order valence-corrected chi connectivity index (χ0v) is 15.7. The van der Waals surface area contributed by atoms with E-state index in [1.54, 1.807) is 24.3 Å². The molecule has 0 atom stereocenters. The number of amides is 1. The van der Waals surface area contributed by atoms with Crippen LogP contribution in [0.2, 0.25) is 0 Å². The molecule has 0 bridgehead atoms. The molecule has 2 rings (SSSR count). The molecule has 0 saturated carbocycles. The van der Waals surface area contributed by atoms with E-state index in [4.69, 9.17) is 17.0 Å². The normalized spacial score (nSPS) is 10.2. The van der Waals surface area contributed by atoms with Crippen LogP contribution in [0.1, 0.15) is 41.3 Å². The lowest BCUT2D eigenvalue weighted by Crippen LogP contribution is -2.34. The van der Waals surface area contributed by atoms with E-state index in [2.05, 4.69) is 17.6 Å². The van der Waals surface area contributed by atoms with E-state index in [0.717, 1.165) is 35.4 Å². The van der Waals surface area contributed by atoms with Crippen LogP contribution in [0.25, 0.3) is 0 Å². The summed E-state index contributed by atoms with van der Waals surface area (Å²) >= 11 is 5.24. The molecule has 0 radical (unpaired) electrons. The highest BCUT2D eigenvalue weighted by atomic mass is 32.1. The van der Waals surface area contributed by atoms with Gasteiger partial charge in [0.2, 0.25) is 0 Å². The van der Waals surface area contributed by atoms with E-state index in [1.807, 2.05) is 32.0 Å². The molecular weight excluding hydrogens is 332 g/mol. The first-order valence-corrected chi connectivity index (χ1v) is 8.83. The monoisotopic (exact) mass is 356 g/mol. The third kappa shape index (κ3) is 5.87. The summed E-state index contributed by atoms with van der Waals surface area (Å²) in [7, 11) is 0. The minimum absolute atomic E-state index is 0.247. The minimum Gasteiger partial charge on any atom is -0.494 e. The van der Waals surface area contributed by atoms with Crippen molar-refractivity contribution >= 4 is 28.9 Å². The summed E-state index contributed by atoms with van der Waals surface area (Å²) in [5, 5.41) is 6.06. The van der Waals surface area contributed by atoms with E-state index < -0.39 is 0 Å². The van der Waals surface area contributed by atoms with Crippen molar-refractivity contribution in [2.75, 3.05) is 11.9 Å². The van der Waals surface area contributed by atoms with Crippen molar-refractivity contribution in [3.8, 4) is 5.75 Å². The largest absolute Gasteiger partial charge is 0.494 e. The molecule has 0 spiro atoms. The maximum absolute atomic E-state index is 12.3. The van der Waals surface area contributed by atoms with Crippen LogP contribution >= 0.6 is 12.2 Å². The Hall–Kier alpha value is -2.40. The molecule has 0 aromatic heterocycles. The third-order valence-electron chi connectivity index (χ3n) is 3.75. The second-order valence-electron chi connectivity index (χ2n) is 5.95. The maximum Gasteiger partial charge on any atom is 0.257 e. The summed E-state index contributed by atoms with van der Waals surface area (Å²) in [6.07, 6.45) is 2.10. The number of carbonyl (C=O) groups excluding carboxylic acids is 1. The van der Waals surface area contributed by atoms with Crippen LogP contribution in [-0.4, -0.2) is 17.6 Å². The number of nitrogens with one attached hydrogen (secondary N) is 2. The lowest BCUT2D eigenvalue weighted by atomic mass is 10.1. The van der Waals surface area contributed by atoms with Crippen molar-refractivity contribution in [3.63, 3.8) is 0 Å². The van der Waals surface area contributed by atoms with Crippen LogP contribution in [-0.2, 0) is 0 Å². The molecule has 2 aromatic rings. The third-order valence-corrected chi connectivity index (χ3v) is 3.96. The van der Waals surface area contributed by atoms with Crippen LogP contribution in [0, 0.1) is 13.8 Å². The zero-order valence-electron chi connectivity index (χ0n) is 14.9. The van der Waals surface area contributed by atoms with Crippen LogP contribution in [0.5, 0.6) is 5.75 Å². The average Bonchev–Trinajstić information content (AvgIpc) is 2.59. The van der Waals surface area contributed by atoms with E-state index in [1.165, 1.54) is 0 Å². The highest BCUT2D eigenvalue weighted by Gasteiger charge is 2.09. The fraction of sp³-hybridized carbons (Fsp3) is 0.300. The van der Waals surface area contributed by atoms with E-state index >= 15 is 0 Å². The SMILES string of the molecule is CCCCOc1ccc(C(=O)NC(=S)Nc2cc(C)ccc2C)cc1. The lowest BCUT2D eigenvalue weighted by Gasteiger charge is -2.12. The first-order valence-electron chi connectivity index (χ1n) is 8.42. The molecule has 4 nitrogen and oxygen atoms in total. The summed E-state index contributed by atoms with van der Waals surface area (Å²) in [6, 6.07) is 13.1. The number of benzene rings is 2. The van der Waals surface area contributed by atoms with Crippen molar-refractivity contribution in [1.82, 2.24) is 5.32 Å². The fourth-order valence-corrected chi connectivity index (χ4v) is 2.44. The quantitative estimate of drug-likeness (QED) is 0.586. The highest BCUT2D eigenvalue weighted by Crippen LogP contribution is 2.16. The topological polar surface area (TPSA) is 50.4 Å². The molecule has 0 aliphatic carbocycles. The predicted octanol–water partition coefficient (Wildman–Crippen LogP) is 4.61. The van der Waals surface area contributed by atoms with Crippen LogP contribution in [0.3, 0.4) is 0 Å². The molecule has 2 aromatic carbocycles. The summed E-state index contributed by atoms with van der Waals surface area (Å²) in [5.74, 6) is 0.518. The zero-order chi connectivity index (χ0) is 18.2. The Morgan fingerprint density at radius 3 is 2.52 bits per heavy atom. The molecule has 0 unspecified atom stereocenters. The van der Waals surface area contributed by atoms with Crippen molar-refractivity contribution in [1.29, 1.82) is 0 Å². The van der Waals surface area contributed by atoms with Crippen molar-refractivity contribution in [3.05, 3.63) is 59.2 Å². The molecule has 0 aliphatic rings. The Kier molecular flexibility index (Phi) is 6.95. The molecule has 0 aliphatic heterocycles. The Bertz CT molecular complexity index is 742. The van der Waals surface area contributed by atoms with Gasteiger partial charge in [0.25, 0.3) is 5.91 Å². The average molecular weight is 356 g/mol. The summed E-state index contributed by atoms with van der Waals surface area (Å²) < 4.78 is 5.60. The summed E-state index contributed by atoms with van der Waals surface area (Å²) in [5.41, 5.74) is 3.62. The number of carbonyl (C=O) groups is 1. The molecule has 2 N–H and O–H groups in total.